The maximum absolute atomic E-state index is 11.1. The van der Waals surface area contributed by atoms with Crippen molar-refractivity contribution in [2.24, 2.45) is 0 Å². The highest BCUT2D eigenvalue weighted by Gasteiger charge is 2.11. The van der Waals surface area contributed by atoms with Crippen LogP contribution in [0.5, 0.6) is 0 Å². The van der Waals surface area contributed by atoms with E-state index < -0.39 is 5.97 Å². The van der Waals surface area contributed by atoms with Crippen molar-refractivity contribution in [3.05, 3.63) is 52.3 Å². The second-order valence-corrected chi connectivity index (χ2v) is 4.57. The first-order valence-corrected chi connectivity index (χ1v) is 6.05. The van der Waals surface area contributed by atoms with Crippen molar-refractivity contribution in [2.75, 3.05) is 5.32 Å². The number of aromatic carboxylic acids is 1. The first kappa shape index (κ1) is 13.1. The minimum Gasteiger partial charge on any atom is -0.478 e. The van der Waals surface area contributed by atoms with Gasteiger partial charge in [0, 0.05) is 10.7 Å². The van der Waals surface area contributed by atoms with Gasteiger partial charge in [0.05, 0.1) is 28.7 Å². The molecule has 0 atom stereocenters. The van der Waals surface area contributed by atoms with Crippen molar-refractivity contribution in [3.63, 3.8) is 0 Å². The predicted molar refractivity (Wildman–Crippen MR) is 73.3 cm³/mol. The molecule has 19 heavy (non-hydrogen) atoms. The van der Waals surface area contributed by atoms with E-state index in [0.717, 1.165) is 4.47 Å². The van der Waals surface area contributed by atoms with Gasteiger partial charge in [-0.05, 0) is 24.3 Å². The summed E-state index contributed by atoms with van der Waals surface area (Å²) in [7, 11) is 0. The van der Waals surface area contributed by atoms with Crippen LogP contribution in [-0.4, -0.2) is 16.1 Å². The van der Waals surface area contributed by atoms with Gasteiger partial charge in [-0.2, -0.15) is 5.26 Å². The lowest BCUT2D eigenvalue weighted by atomic mass is 10.1. The van der Waals surface area contributed by atoms with E-state index in [1.807, 2.05) is 6.07 Å². The molecule has 0 fully saturated rings. The lowest BCUT2D eigenvalue weighted by molar-refractivity contribution is 0.0698. The van der Waals surface area contributed by atoms with Crippen molar-refractivity contribution in [3.8, 4) is 6.07 Å². The third-order valence-corrected chi connectivity index (χ3v) is 2.92. The summed E-state index contributed by atoms with van der Waals surface area (Å²) in [6.45, 7) is 0. The number of carboxylic acids is 1. The Morgan fingerprint density at radius 2 is 2.16 bits per heavy atom. The summed E-state index contributed by atoms with van der Waals surface area (Å²) < 4.78 is 0.777. The van der Waals surface area contributed by atoms with Crippen LogP contribution in [0.1, 0.15) is 15.9 Å². The molecule has 2 aromatic rings. The number of nitrogens with one attached hydrogen (secondary N) is 1. The number of rotatable bonds is 3. The summed E-state index contributed by atoms with van der Waals surface area (Å²) >= 11 is 3.27. The van der Waals surface area contributed by atoms with Crippen molar-refractivity contribution in [1.82, 2.24) is 4.98 Å². The van der Waals surface area contributed by atoms with Gasteiger partial charge in [0.2, 0.25) is 0 Å². The lowest BCUT2D eigenvalue weighted by Gasteiger charge is -2.10. The maximum atomic E-state index is 11.1. The number of hydrogen-bond acceptors (Lipinski definition) is 4. The Hall–Kier alpha value is -2.39. The Labute approximate surface area is 117 Å². The maximum Gasteiger partial charge on any atom is 0.337 e. The molecule has 0 radical (unpaired) electrons. The van der Waals surface area contributed by atoms with E-state index in [1.54, 1.807) is 18.2 Å². The monoisotopic (exact) mass is 317 g/mol. The van der Waals surface area contributed by atoms with E-state index in [-0.39, 0.29) is 5.56 Å². The molecule has 2 rings (SSSR count). The van der Waals surface area contributed by atoms with Crippen LogP contribution in [0, 0.1) is 11.3 Å². The van der Waals surface area contributed by atoms with Crippen LogP contribution < -0.4 is 5.32 Å². The first-order valence-electron chi connectivity index (χ1n) is 5.26. The van der Waals surface area contributed by atoms with Crippen LogP contribution in [0.4, 0.5) is 11.4 Å². The molecule has 1 aromatic carbocycles. The van der Waals surface area contributed by atoms with Gasteiger partial charge in [0.25, 0.3) is 0 Å². The Kier molecular flexibility index (Phi) is 3.78. The molecule has 0 unspecified atom stereocenters. The number of nitrogens with zero attached hydrogens (tertiary/aromatic N) is 2. The topological polar surface area (TPSA) is 86.0 Å². The average molecular weight is 318 g/mol. The number of pyridine rings is 1. The fourth-order valence-corrected chi connectivity index (χ4v) is 1.90. The van der Waals surface area contributed by atoms with Gasteiger partial charge >= 0.3 is 5.97 Å². The summed E-state index contributed by atoms with van der Waals surface area (Å²) in [5, 5.41) is 21.0. The van der Waals surface area contributed by atoms with E-state index in [9.17, 15) is 4.79 Å². The minimum absolute atomic E-state index is 0.0989. The first-order chi connectivity index (χ1) is 9.11. The molecule has 0 saturated heterocycles. The molecule has 0 spiro atoms. The number of halogens is 1. The summed E-state index contributed by atoms with van der Waals surface area (Å²) in [5.74, 6) is -1.06. The van der Waals surface area contributed by atoms with Gasteiger partial charge in [-0.15, -0.1) is 0 Å². The SMILES string of the molecule is N#Cc1cc(Br)ccc1Nc1cnccc1C(=O)O. The highest BCUT2D eigenvalue weighted by atomic mass is 79.9. The molecule has 5 nitrogen and oxygen atoms in total. The van der Waals surface area contributed by atoms with Gasteiger partial charge < -0.3 is 10.4 Å². The van der Waals surface area contributed by atoms with Gasteiger partial charge in [0.1, 0.15) is 6.07 Å². The molecule has 0 aliphatic carbocycles. The van der Waals surface area contributed by atoms with E-state index in [2.05, 4.69) is 26.2 Å². The Morgan fingerprint density at radius 3 is 2.84 bits per heavy atom. The third-order valence-electron chi connectivity index (χ3n) is 2.42. The number of aromatic nitrogens is 1. The van der Waals surface area contributed by atoms with Crippen molar-refractivity contribution < 1.29 is 9.90 Å². The zero-order valence-corrected chi connectivity index (χ0v) is 11.2. The molecule has 0 amide bonds. The zero-order valence-electron chi connectivity index (χ0n) is 9.59. The van der Waals surface area contributed by atoms with Gasteiger partial charge in [-0.25, -0.2) is 4.79 Å². The Morgan fingerprint density at radius 1 is 1.37 bits per heavy atom. The zero-order chi connectivity index (χ0) is 13.8. The van der Waals surface area contributed by atoms with Crippen molar-refractivity contribution in [1.29, 1.82) is 5.26 Å². The number of hydrogen-bond donors (Lipinski definition) is 2. The number of carbonyl (C=O) groups is 1. The highest BCUT2D eigenvalue weighted by Crippen LogP contribution is 2.25. The smallest absolute Gasteiger partial charge is 0.337 e. The molecule has 1 heterocycles. The van der Waals surface area contributed by atoms with Gasteiger partial charge in [-0.1, -0.05) is 15.9 Å². The van der Waals surface area contributed by atoms with Crippen LogP contribution in [0.25, 0.3) is 0 Å². The highest BCUT2D eigenvalue weighted by molar-refractivity contribution is 9.10. The third kappa shape index (κ3) is 2.89. The van der Waals surface area contributed by atoms with Crippen LogP contribution in [0.15, 0.2) is 41.1 Å². The fraction of sp³-hybridized carbons (Fsp3) is 0. The predicted octanol–water partition coefficient (Wildman–Crippen LogP) is 3.16. The molecule has 0 aliphatic rings. The van der Waals surface area contributed by atoms with E-state index in [1.165, 1.54) is 18.5 Å². The van der Waals surface area contributed by atoms with Crippen molar-refractivity contribution >= 4 is 33.3 Å². The molecule has 0 saturated carbocycles. The second kappa shape index (κ2) is 5.50. The standard InChI is InChI=1S/C13H8BrN3O2/c14-9-1-2-11(8(5-9)6-15)17-12-7-16-4-3-10(12)13(18)19/h1-5,7,17H,(H,18,19). The number of anilines is 2. The second-order valence-electron chi connectivity index (χ2n) is 3.65. The van der Waals surface area contributed by atoms with Crippen LogP contribution in [-0.2, 0) is 0 Å². The van der Waals surface area contributed by atoms with Gasteiger partial charge in [-0.3, -0.25) is 4.98 Å². The Balaban J connectivity index is 2.43. The Bertz CT molecular complexity index is 680. The molecule has 2 N–H and O–H groups in total. The van der Waals surface area contributed by atoms with Crippen LogP contribution >= 0.6 is 15.9 Å². The molecular formula is C13H8BrN3O2. The lowest BCUT2D eigenvalue weighted by Crippen LogP contribution is -2.04. The molecule has 6 heteroatoms. The fourth-order valence-electron chi connectivity index (χ4n) is 1.54. The quantitative estimate of drug-likeness (QED) is 0.908. The van der Waals surface area contributed by atoms with Gasteiger partial charge in [0.15, 0.2) is 0 Å². The molecule has 94 valence electrons. The molecule has 1 aromatic heterocycles. The van der Waals surface area contributed by atoms with Crippen LogP contribution in [0.3, 0.4) is 0 Å². The van der Waals surface area contributed by atoms with Crippen LogP contribution in [0.2, 0.25) is 0 Å². The summed E-state index contributed by atoms with van der Waals surface area (Å²) in [4.78, 5) is 15.0. The minimum atomic E-state index is -1.06. The van der Waals surface area contributed by atoms with E-state index >= 15 is 0 Å². The number of benzene rings is 1. The largest absolute Gasteiger partial charge is 0.478 e. The number of nitriles is 1. The summed E-state index contributed by atoms with van der Waals surface area (Å²) in [5.41, 5.74) is 1.38. The van der Waals surface area contributed by atoms with E-state index in [4.69, 9.17) is 10.4 Å². The average Bonchev–Trinajstić information content (AvgIpc) is 2.41. The van der Waals surface area contributed by atoms with Crippen molar-refractivity contribution in [2.45, 2.75) is 0 Å². The molecule has 0 aliphatic heterocycles. The number of carboxylic acid groups (broad SMARTS) is 1. The van der Waals surface area contributed by atoms with E-state index in [0.29, 0.717) is 16.9 Å². The normalized spacial score (nSPS) is 9.68. The summed E-state index contributed by atoms with van der Waals surface area (Å²) in [6, 6.07) is 8.55. The summed E-state index contributed by atoms with van der Waals surface area (Å²) in [6.07, 6.45) is 2.81. The molecule has 0 bridgehead atoms. The molecular weight excluding hydrogens is 310 g/mol.